The van der Waals surface area contributed by atoms with Crippen LogP contribution in [0.3, 0.4) is 0 Å². The van der Waals surface area contributed by atoms with Gasteiger partial charge in [0.1, 0.15) is 0 Å². The van der Waals surface area contributed by atoms with Crippen LogP contribution in [0.25, 0.3) is 10.9 Å². The van der Waals surface area contributed by atoms with E-state index in [1.165, 1.54) is 11.1 Å². The van der Waals surface area contributed by atoms with Gasteiger partial charge in [-0.2, -0.15) is 5.10 Å². The molecule has 0 saturated carbocycles. The van der Waals surface area contributed by atoms with Crippen molar-refractivity contribution in [2.24, 2.45) is 0 Å². The summed E-state index contributed by atoms with van der Waals surface area (Å²) in [6, 6.07) is 16.3. The standard InChI is InChI=1S/C19H17N5/c1-14-6-7-18-16(10-14)12-20-19(23-18)22-17-5-2-4-15(11-17)13-24-9-3-8-21-24/h2-12H,13H2,1H3,(H,20,22,23). The van der Waals surface area contributed by atoms with E-state index >= 15 is 0 Å². The molecular weight excluding hydrogens is 298 g/mol. The Labute approximate surface area is 140 Å². The zero-order valence-corrected chi connectivity index (χ0v) is 13.3. The van der Waals surface area contributed by atoms with E-state index < -0.39 is 0 Å². The summed E-state index contributed by atoms with van der Waals surface area (Å²) in [5.74, 6) is 0.600. The minimum Gasteiger partial charge on any atom is -0.324 e. The highest BCUT2D eigenvalue weighted by molar-refractivity contribution is 5.79. The summed E-state index contributed by atoms with van der Waals surface area (Å²) in [6.45, 7) is 2.80. The van der Waals surface area contributed by atoms with Gasteiger partial charge in [0, 0.05) is 29.7 Å². The highest BCUT2D eigenvalue weighted by atomic mass is 15.3. The fourth-order valence-corrected chi connectivity index (χ4v) is 2.67. The van der Waals surface area contributed by atoms with E-state index in [4.69, 9.17) is 0 Å². The van der Waals surface area contributed by atoms with E-state index in [0.717, 1.165) is 23.1 Å². The molecule has 0 aliphatic carbocycles. The van der Waals surface area contributed by atoms with Crippen LogP contribution < -0.4 is 5.32 Å². The zero-order chi connectivity index (χ0) is 16.4. The number of fused-ring (bicyclic) bond motifs is 1. The Kier molecular flexibility index (Phi) is 3.67. The van der Waals surface area contributed by atoms with Crippen LogP contribution >= 0.6 is 0 Å². The van der Waals surface area contributed by atoms with E-state index in [2.05, 4.69) is 51.6 Å². The first kappa shape index (κ1) is 14.4. The second-order valence-electron chi connectivity index (χ2n) is 5.78. The number of aryl methyl sites for hydroxylation is 1. The van der Waals surface area contributed by atoms with E-state index in [1.807, 2.05) is 41.3 Å². The smallest absolute Gasteiger partial charge is 0.227 e. The Bertz CT molecular complexity index is 976. The summed E-state index contributed by atoms with van der Waals surface area (Å²) in [6.07, 6.45) is 5.59. The van der Waals surface area contributed by atoms with Gasteiger partial charge < -0.3 is 5.32 Å². The number of benzene rings is 2. The predicted octanol–water partition coefficient (Wildman–Crippen LogP) is 3.93. The van der Waals surface area contributed by atoms with Gasteiger partial charge in [-0.1, -0.05) is 23.8 Å². The number of nitrogens with zero attached hydrogens (tertiary/aromatic N) is 4. The molecule has 118 valence electrons. The molecule has 2 heterocycles. The van der Waals surface area contributed by atoms with Gasteiger partial charge >= 0.3 is 0 Å². The summed E-state index contributed by atoms with van der Waals surface area (Å²) >= 11 is 0. The molecule has 0 aliphatic rings. The summed E-state index contributed by atoms with van der Waals surface area (Å²) in [4.78, 5) is 8.99. The van der Waals surface area contributed by atoms with Crippen LogP contribution in [0.5, 0.6) is 0 Å². The average Bonchev–Trinajstić information content (AvgIpc) is 3.08. The van der Waals surface area contributed by atoms with Crippen LogP contribution in [0.2, 0.25) is 0 Å². The second kappa shape index (κ2) is 6.12. The third kappa shape index (κ3) is 3.10. The predicted molar refractivity (Wildman–Crippen MR) is 95.3 cm³/mol. The number of anilines is 2. The molecule has 2 aromatic carbocycles. The number of rotatable bonds is 4. The van der Waals surface area contributed by atoms with Gasteiger partial charge in [0.15, 0.2) is 0 Å². The SMILES string of the molecule is Cc1ccc2nc(Nc3cccc(Cn4cccn4)c3)ncc2c1. The Hall–Kier alpha value is -3.21. The molecule has 4 aromatic rings. The number of nitrogens with one attached hydrogen (secondary N) is 1. The van der Waals surface area contributed by atoms with Crippen LogP contribution in [0.4, 0.5) is 11.6 Å². The Morgan fingerprint density at radius 2 is 2.04 bits per heavy atom. The van der Waals surface area contributed by atoms with Crippen molar-refractivity contribution in [1.29, 1.82) is 0 Å². The van der Waals surface area contributed by atoms with Crippen molar-refractivity contribution in [3.8, 4) is 0 Å². The molecule has 4 rings (SSSR count). The third-order valence-corrected chi connectivity index (χ3v) is 3.82. The topological polar surface area (TPSA) is 55.6 Å². The molecule has 5 nitrogen and oxygen atoms in total. The normalized spacial score (nSPS) is 10.9. The highest BCUT2D eigenvalue weighted by Gasteiger charge is 2.03. The van der Waals surface area contributed by atoms with Crippen LogP contribution in [0.1, 0.15) is 11.1 Å². The van der Waals surface area contributed by atoms with Gasteiger partial charge in [-0.05, 0) is 42.8 Å². The molecule has 0 aliphatic heterocycles. The number of hydrogen-bond acceptors (Lipinski definition) is 4. The lowest BCUT2D eigenvalue weighted by molar-refractivity contribution is 0.687. The van der Waals surface area contributed by atoms with Crippen molar-refractivity contribution in [1.82, 2.24) is 19.7 Å². The van der Waals surface area contributed by atoms with E-state index in [9.17, 15) is 0 Å². The zero-order valence-electron chi connectivity index (χ0n) is 13.3. The molecule has 0 atom stereocenters. The first-order valence-electron chi connectivity index (χ1n) is 7.83. The quantitative estimate of drug-likeness (QED) is 0.620. The summed E-state index contributed by atoms with van der Waals surface area (Å²) < 4.78 is 1.90. The monoisotopic (exact) mass is 315 g/mol. The fraction of sp³-hybridized carbons (Fsp3) is 0.105. The van der Waals surface area contributed by atoms with Gasteiger partial charge in [0.25, 0.3) is 0 Å². The molecule has 0 fully saturated rings. The van der Waals surface area contributed by atoms with Gasteiger partial charge in [-0.3, -0.25) is 4.68 Å². The Morgan fingerprint density at radius 1 is 1.08 bits per heavy atom. The highest BCUT2D eigenvalue weighted by Crippen LogP contribution is 2.18. The molecule has 2 aromatic heterocycles. The van der Waals surface area contributed by atoms with Crippen LogP contribution in [-0.4, -0.2) is 19.7 Å². The number of hydrogen-bond donors (Lipinski definition) is 1. The van der Waals surface area contributed by atoms with Crippen molar-refractivity contribution < 1.29 is 0 Å². The van der Waals surface area contributed by atoms with Crippen molar-refractivity contribution in [2.45, 2.75) is 13.5 Å². The summed E-state index contributed by atoms with van der Waals surface area (Å²) in [5, 5.41) is 8.57. The van der Waals surface area contributed by atoms with Crippen molar-refractivity contribution in [2.75, 3.05) is 5.32 Å². The van der Waals surface area contributed by atoms with Crippen LogP contribution in [0.15, 0.2) is 67.1 Å². The lowest BCUT2D eigenvalue weighted by atomic mass is 10.2. The minimum atomic E-state index is 0.600. The van der Waals surface area contributed by atoms with Gasteiger partial charge in [0.05, 0.1) is 12.1 Å². The molecule has 0 amide bonds. The van der Waals surface area contributed by atoms with Gasteiger partial charge in [0.2, 0.25) is 5.95 Å². The first-order chi connectivity index (χ1) is 11.8. The van der Waals surface area contributed by atoms with Crippen molar-refractivity contribution in [3.05, 3.63) is 78.2 Å². The molecule has 0 spiro atoms. The Morgan fingerprint density at radius 3 is 2.92 bits per heavy atom. The Balaban J connectivity index is 1.57. The van der Waals surface area contributed by atoms with E-state index in [1.54, 1.807) is 6.20 Å². The molecular formula is C19H17N5. The molecule has 0 bridgehead atoms. The molecule has 0 saturated heterocycles. The largest absolute Gasteiger partial charge is 0.324 e. The first-order valence-corrected chi connectivity index (χ1v) is 7.83. The molecule has 5 heteroatoms. The van der Waals surface area contributed by atoms with E-state index in [-0.39, 0.29) is 0 Å². The molecule has 0 radical (unpaired) electrons. The minimum absolute atomic E-state index is 0.600. The summed E-state index contributed by atoms with van der Waals surface area (Å²) in [5.41, 5.74) is 4.27. The van der Waals surface area contributed by atoms with Crippen LogP contribution in [-0.2, 0) is 6.54 Å². The maximum Gasteiger partial charge on any atom is 0.227 e. The van der Waals surface area contributed by atoms with Crippen LogP contribution in [0, 0.1) is 6.92 Å². The average molecular weight is 315 g/mol. The molecule has 24 heavy (non-hydrogen) atoms. The van der Waals surface area contributed by atoms with Crippen molar-refractivity contribution in [3.63, 3.8) is 0 Å². The second-order valence-corrected chi connectivity index (χ2v) is 5.78. The number of aromatic nitrogens is 4. The lowest BCUT2D eigenvalue weighted by Crippen LogP contribution is -2.01. The molecule has 0 unspecified atom stereocenters. The van der Waals surface area contributed by atoms with Gasteiger partial charge in [-0.25, -0.2) is 9.97 Å². The lowest BCUT2D eigenvalue weighted by Gasteiger charge is -2.08. The van der Waals surface area contributed by atoms with E-state index in [0.29, 0.717) is 5.95 Å². The fourth-order valence-electron chi connectivity index (χ4n) is 2.67. The van der Waals surface area contributed by atoms with Crippen molar-refractivity contribution >= 4 is 22.5 Å². The van der Waals surface area contributed by atoms with Gasteiger partial charge in [-0.15, -0.1) is 0 Å². The maximum atomic E-state index is 4.58. The third-order valence-electron chi connectivity index (χ3n) is 3.82. The summed E-state index contributed by atoms with van der Waals surface area (Å²) in [7, 11) is 0. The molecule has 1 N–H and O–H groups in total. The maximum absolute atomic E-state index is 4.58.